The minimum absolute atomic E-state index is 1.09. The number of hydrogen-bond acceptors (Lipinski definition) is 0. The van der Waals surface area contributed by atoms with Gasteiger partial charge in [-0.25, -0.2) is 0 Å². The first kappa shape index (κ1) is 31.3. The molecule has 0 saturated heterocycles. The minimum atomic E-state index is 1.09. The van der Waals surface area contributed by atoms with E-state index in [1.54, 1.807) is 0 Å². The number of fused-ring (bicyclic) bond motifs is 11. The fourth-order valence-corrected chi connectivity index (χ4v) is 9.77. The molecule has 4 aliphatic carbocycles. The van der Waals surface area contributed by atoms with E-state index in [9.17, 15) is 0 Å². The maximum atomic E-state index is 2.32. The number of hydrogen-bond donors (Lipinski definition) is 0. The summed E-state index contributed by atoms with van der Waals surface area (Å²) in [6, 6.07) is 53.3. The van der Waals surface area contributed by atoms with Crippen LogP contribution >= 0.6 is 0 Å². The first-order valence-corrected chi connectivity index (χ1v) is 19.7. The zero-order valence-electron chi connectivity index (χ0n) is 30.9. The molecule has 0 N–H and O–H groups in total. The van der Waals surface area contributed by atoms with Crippen LogP contribution in [-0.4, -0.2) is 0 Å². The molecule has 10 aromatic carbocycles. The predicted molar refractivity (Wildman–Crippen MR) is 244 cm³/mol. The molecule has 0 fully saturated rings. The molecule has 0 saturated carbocycles. The van der Waals surface area contributed by atoms with Crippen LogP contribution in [0.5, 0.6) is 0 Å². The van der Waals surface area contributed by atoms with Gasteiger partial charge < -0.3 is 0 Å². The first-order chi connectivity index (χ1) is 27.7. The summed E-state index contributed by atoms with van der Waals surface area (Å²) < 4.78 is 0. The van der Waals surface area contributed by atoms with Crippen LogP contribution in [-0.2, 0) is 0 Å². The third kappa shape index (κ3) is 4.93. The summed E-state index contributed by atoms with van der Waals surface area (Å²) in [5.74, 6) is 0. The average molecular weight is 709 g/mol. The molecule has 0 heterocycles. The summed E-state index contributed by atoms with van der Waals surface area (Å²) >= 11 is 0. The summed E-state index contributed by atoms with van der Waals surface area (Å²) in [7, 11) is 0. The van der Waals surface area contributed by atoms with E-state index in [0.29, 0.717) is 0 Å². The topological polar surface area (TPSA) is 0 Å². The van der Waals surface area contributed by atoms with Crippen LogP contribution in [0.4, 0.5) is 0 Å². The smallest absolute Gasteiger partial charge is 0.00141 e. The molecule has 0 atom stereocenters. The van der Waals surface area contributed by atoms with Gasteiger partial charge in [0, 0.05) is 0 Å². The van der Waals surface area contributed by atoms with Crippen molar-refractivity contribution in [3.05, 3.63) is 215 Å². The minimum Gasteiger partial charge on any atom is -0.0617 e. The lowest BCUT2D eigenvalue weighted by Gasteiger charge is -2.21. The lowest BCUT2D eigenvalue weighted by atomic mass is 9.83. The van der Waals surface area contributed by atoms with E-state index < -0.39 is 0 Å². The molecule has 0 spiro atoms. The molecule has 0 radical (unpaired) electrons. The molecule has 10 aromatic rings. The van der Waals surface area contributed by atoms with Crippen LogP contribution in [0.15, 0.2) is 193 Å². The highest BCUT2D eigenvalue weighted by molar-refractivity contribution is 6.39. The Balaban J connectivity index is 0.0000000938. The zero-order chi connectivity index (χ0) is 36.7. The largest absolute Gasteiger partial charge is 0.0617 e. The Morgan fingerprint density at radius 2 is 0.696 bits per heavy atom. The van der Waals surface area contributed by atoms with Crippen molar-refractivity contribution >= 4 is 98.7 Å². The molecule has 0 heteroatoms. The van der Waals surface area contributed by atoms with Crippen LogP contribution in [0, 0.1) is 0 Å². The summed E-state index contributed by atoms with van der Waals surface area (Å²) in [5, 5.41) is 19.1. The van der Waals surface area contributed by atoms with Crippen molar-refractivity contribution in [3.63, 3.8) is 0 Å². The molecule has 0 unspecified atom stereocenters. The number of benzene rings is 10. The molecule has 14 rings (SSSR count). The molecule has 4 aliphatic rings. The fraction of sp³-hybridized carbons (Fsp3) is 0.0357. The molecule has 56 heavy (non-hydrogen) atoms. The van der Waals surface area contributed by atoms with Crippen molar-refractivity contribution in [2.75, 3.05) is 0 Å². The van der Waals surface area contributed by atoms with Crippen LogP contribution in [0.2, 0.25) is 0 Å². The Kier molecular flexibility index (Phi) is 6.86. The van der Waals surface area contributed by atoms with Crippen molar-refractivity contribution < 1.29 is 0 Å². The van der Waals surface area contributed by atoms with Crippen LogP contribution in [0.1, 0.15) is 35.1 Å². The van der Waals surface area contributed by atoms with Gasteiger partial charge in [0.15, 0.2) is 0 Å². The number of rotatable bonds is 0. The van der Waals surface area contributed by atoms with Gasteiger partial charge in [0.05, 0.1) is 0 Å². The lowest BCUT2D eigenvalue weighted by molar-refractivity contribution is 1.26. The van der Waals surface area contributed by atoms with Gasteiger partial charge in [-0.1, -0.05) is 170 Å². The van der Waals surface area contributed by atoms with Gasteiger partial charge >= 0.3 is 0 Å². The van der Waals surface area contributed by atoms with Gasteiger partial charge in [-0.3, -0.25) is 0 Å². The number of allylic oxidation sites excluding steroid dienone is 10. The lowest BCUT2D eigenvalue weighted by Crippen LogP contribution is -2.00. The van der Waals surface area contributed by atoms with Crippen LogP contribution in [0.25, 0.3) is 98.7 Å². The molecule has 0 aliphatic heterocycles. The van der Waals surface area contributed by atoms with Crippen molar-refractivity contribution in [2.24, 2.45) is 0 Å². The molecule has 260 valence electrons. The monoisotopic (exact) mass is 708 g/mol. The molecular formula is C56H36. The second kappa shape index (κ2) is 12.2. The van der Waals surface area contributed by atoms with Crippen molar-refractivity contribution in [1.29, 1.82) is 0 Å². The van der Waals surface area contributed by atoms with Gasteiger partial charge in [0.2, 0.25) is 0 Å². The van der Waals surface area contributed by atoms with E-state index in [2.05, 4.69) is 194 Å². The maximum absolute atomic E-state index is 2.32. The Hall–Kier alpha value is -7.02. The standard InChI is InChI=1S/C22H12.2C17H12/c1-3-13-7-9-15-11-12-16-10-8-14-4-2-6-18-17(5-1)19(13)21(15)22(16)20(14)18;2*1-2-6-14-11-17-15-7-3-4-12(8-15)9-16(17)10-13(14)5-1/h1-12H;2*1-7,9-11H,8H2. The van der Waals surface area contributed by atoms with Gasteiger partial charge in [0.1, 0.15) is 0 Å². The van der Waals surface area contributed by atoms with Crippen molar-refractivity contribution in [1.82, 2.24) is 0 Å². The molecule has 0 nitrogen and oxygen atoms in total. The third-order valence-electron chi connectivity index (χ3n) is 12.4. The van der Waals surface area contributed by atoms with Gasteiger partial charge in [-0.15, -0.1) is 0 Å². The second-order valence-corrected chi connectivity index (χ2v) is 15.7. The van der Waals surface area contributed by atoms with E-state index in [1.807, 2.05) is 0 Å². The van der Waals surface area contributed by atoms with Crippen LogP contribution in [0.3, 0.4) is 0 Å². The fourth-order valence-electron chi connectivity index (χ4n) is 9.77. The molecular weight excluding hydrogens is 673 g/mol. The Bertz CT molecular complexity index is 3210. The molecule has 0 aromatic heterocycles. The highest BCUT2D eigenvalue weighted by Gasteiger charge is 2.19. The van der Waals surface area contributed by atoms with Gasteiger partial charge in [-0.2, -0.15) is 0 Å². The van der Waals surface area contributed by atoms with E-state index in [4.69, 9.17) is 0 Å². The Morgan fingerprint density at radius 3 is 1.12 bits per heavy atom. The normalized spacial score (nSPS) is 14.9. The average Bonchev–Trinajstić information content (AvgIpc) is 3.25. The highest BCUT2D eigenvalue weighted by Crippen LogP contribution is 2.45. The quantitative estimate of drug-likeness (QED) is 0.109. The molecule has 0 amide bonds. The van der Waals surface area contributed by atoms with Crippen LogP contribution < -0.4 is 0 Å². The summed E-state index contributed by atoms with van der Waals surface area (Å²) in [6.07, 6.45) is 20.0. The van der Waals surface area contributed by atoms with E-state index >= 15 is 0 Å². The maximum Gasteiger partial charge on any atom is -0.00141 e. The van der Waals surface area contributed by atoms with E-state index in [0.717, 1.165) is 12.8 Å². The van der Waals surface area contributed by atoms with Crippen molar-refractivity contribution in [2.45, 2.75) is 12.8 Å². The SMILES string of the molecule is C1=CC2=Cc3cc4ccccc4cc3C(=C1)C2.C1=CC2=Cc3cc4ccccc4cc3C(=C1)C2.c1cc2ccc3ccc4ccc5cccc6c(c1)c2c3c4c56. The Morgan fingerprint density at radius 1 is 0.321 bits per heavy atom. The summed E-state index contributed by atoms with van der Waals surface area (Å²) in [6.45, 7) is 0. The summed E-state index contributed by atoms with van der Waals surface area (Å²) in [5.41, 5.74) is 11.3. The molecule has 4 bridgehead atoms. The van der Waals surface area contributed by atoms with Gasteiger partial charge in [-0.05, 0) is 157 Å². The third-order valence-corrected chi connectivity index (χ3v) is 12.4. The predicted octanol–water partition coefficient (Wildman–Crippen LogP) is 15.5. The van der Waals surface area contributed by atoms with E-state index in [1.165, 1.54) is 120 Å². The summed E-state index contributed by atoms with van der Waals surface area (Å²) in [4.78, 5) is 0. The zero-order valence-corrected chi connectivity index (χ0v) is 30.9. The first-order valence-electron chi connectivity index (χ1n) is 19.7. The highest BCUT2D eigenvalue weighted by atomic mass is 14.2. The second-order valence-electron chi connectivity index (χ2n) is 15.7. The van der Waals surface area contributed by atoms with E-state index in [-0.39, 0.29) is 0 Å². The Labute approximate surface area is 325 Å². The van der Waals surface area contributed by atoms with Crippen molar-refractivity contribution in [3.8, 4) is 0 Å². The van der Waals surface area contributed by atoms with Gasteiger partial charge in [0.25, 0.3) is 0 Å².